The van der Waals surface area contributed by atoms with Gasteiger partial charge in [0.2, 0.25) is 5.91 Å². The highest BCUT2D eigenvalue weighted by Crippen LogP contribution is 2.23. The Bertz CT molecular complexity index is 792. The summed E-state index contributed by atoms with van der Waals surface area (Å²) in [6.45, 7) is 1.79. The lowest BCUT2D eigenvalue weighted by atomic mass is 9.99. The van der Waals surface area contributed by atoms with Gasteiger partial charge in [0.25, 0.3) is 0 Å². The number of aromatic nitrogens is 2. The topological polar surface area (TPSA) is 58.4 Å². The first kappa shape index (κ1) is 17.0. The van der Waals surface area contributed by atoms with Crippen LogP contribution in [0.25, 0.3) is 16.2 Å². The zero-order valence-electron chi connectivity index (χ0n) is 13.1. The van der Waals surface area contributed by atoms with E-state index in [4.69, 9.17) is 0 Å². The Morgan fingerprint density at radius 2 is 2.17 bits per heavy atom. The van der Waals surface area contributed by atoms with Crippen LogP contribution in [0.2, 0.25) is 0 Å². The zero-order chi connectivity index (χ0) is 15.6. The Balaban J connectivity index is 0.00000169. The van der Waals surface area contributed by atoms with Crippen molar-refractivity contribution >= 4 is 40.3 Å². The van der Waals surface area contributed by atoms with E-state index in [1.54, 1.807) is 11.3 Å². The summed E-state index contributed by atoms with van der Waals surface area (Å²) >= 11 is 1.62. The molecule has 4 rings (SSSR count). The quantitative estimate of drug-likeness (QED) is 0.750. The third-order valence-electron chi connectivity index (χ3n) is 4.21. The Morgan fingerprint density at radius 3 is 2.88 bits per heavy atom. The fourth-order valence-electron chi connectivity index (χ4n) is 2.91. The molecule has 0 spiro atoms. The maximum Gasteiger partial charge on any atom is 0.228 e. The number of nitrogens with zero attached hydrogens (tertiary/aromatic N) is 2. The maximum absolute atomic E-state index is 12.2. The van der Waals surface area contributed by atoms with Crippen LogP contribution >= 0.6 is 23.7 Å². The number of carbonyl (C=O) groups is 1. The highest BCUT2D eigenvalue weighted by Gasteiger charge is 2.20. The van der Waals surface area contributed by atoms with Crippen LogP contribution in [-0.2, 0) is 4.79 Å². The summed E-state index contributed by atoms with van der Waals surface area (Å²) in [5, 5.41) is 8.30. The van der Waals surface area contributed by atoms with Crippen molar-refractivity contribution in [2.75, 3.05) is 18.4 Å². The summed E-state index contributed by atoms with van der Waals surface area (Å²) in [4.78, 5) is 17.8. The monoisotopic (exact) mass is 362 g/mol. The zero-order valence-corrected chi connectivity index (χ0v) is 14.7. The van der Waals surface area contributed by atoms with Crippen LogP contribution in [0.5, 0.6) is 0 Å². The van der Waals surface area contributed by atoms with Gasteiger partial charge in [0.05, 0.1) is 11.6 Å². The third-order valence-corrected chi connectivity index (χ3v) is 4.98. The number of imidazole rings is 1. The van der Waals surface area contributed by atoms with Crippen LogP contribution in [0.3, 0.4) is 0 Å². The fourth-order valence-corrected chi connectivity index (χ4v) is 3.61. The van der Waals surface area contributed by atoms with E-state index in [1.807, 2.05) is 46.4 Å². The number of nitrogens with one attached hydrogen (secondary N) is 2. The van der Waals surface area contributed by atoms with E-state index < -0.39 is 0 Å². The molecule has 0 bridgehead atoms. The van der Waals surface area contributed by atoms with Crippen molar-refractivity contribution in [1.29, 1.82) is 0 Å². The molecule has 3 heterocycles. The molecule has 1 saturated heterocycles. The van der Waals surface area contributed by atoms with Crippen molar-refractivity contribution < 1.29 is 4.79 Å². The SMILES string of the molecule is Cl.O=C(Nc1ccc(-c2cn3ccsc3n2)cc1)[C@@H]1CCCNC1. The molecule has 1 fully saturated rings. The second kappa shape index (κ2) is 7.34. The predicted octanol–water partition coefficient (Wildman–Crippen LogP) is 3.42. The molecule has 1 aromatic carbocycles. The van der Waals surface area contributed by atoms with Gasteiger partial charge in [0.1, 0.15) is 0 Å². The first-order valence-electron chi connectivity index (χ1n) is 7.84. The van der Waals surface area contributed by atoms with Crippen LogP contribution in [0.1, 0.15) is 12.8 Å². The van der Waals surface area contributed by atoms with Gasteiger partial charge in [-0.05, 0) is 31.5 Å². The summed E-state index contributed by atoms with van der Waals surface area (Å²) < 4.78 is 2.02. The minimum absolute atomic E-state index is 0. The molecule has 1 atom stereocenters. The third kappa shape index (κ3) is 3.45. The van der Waals surface area contributed by atoms with Crippen molar-refractivity contribution in [3.05, 3.63) is 42.0 Å². The number of benzene rings is 1. The molecule has 1 aliphatic rings. The molecular weight excluding hydrogens is 344 g/mol. The van der Waals surface area contributed by atoms with Gasteiger partial charge in [-0.3, -0.25) is 9.20 Å². The van der Waals surface area contributed by atoms with Crippen LogP contribution in [0.4, 0.5) is 5.69 Å². The molecule has 24 heavy (non-hydrogen) atoms. The number of amides is 1. The summed E-state index contributed by atoms with van der Waals surface area (Å²) in [5.74, 6) is 0.177. The van der Waals surface area contributed by atoms with E-state index in [0.717, 1.165) is 47.8 Å². The lowest BCUT2D eigenvalue weighted by Gasteiger charge is -2.21. The minimum atomic E-state index is 0. The Hall–Kier alpha value is -1.89. The average molecular weight is 363 g/mol. The van der Waals surface area contributed by atoms with E-state index in [0.29, 0.717) is 0 Å². The number of rotatable bonds is 3. The Kier molecular flexibility index (Phi) is 5.18. The molecule has 0 aliphatic carbocycles. The number of hydrogen-bond donors (Lipinski definition) is 2. The van der Waals surface area contributed by atoms with Gasteiger partial charge in [-0.15, -0.1) is 23.7 Å². The van der Waals surface area contributed by atoms with Crippen molar-refractivity contribution in [1.82, 2.24) is 14.7 Å². The number of carbonyl (C=O) groups excluding carboxylic acids is 1. The molecule has 0 unspecified atom stereocenters. The van der Waals surface area contributed by atoms with Gasteiger partial charge >= 0.3 is 0 Å². The van der Waals surface area contributed by atoms with Crippen LogP contribution in [0.15, 0.2) is 42.0 Å². The second-order valence-corrected chi connectivity index (χ2v) is 6.70. The second-order valence-electron chi connectivity index (χ2n) is 5.83. The predicted molar refractivity (Wildman–Crippen MR) is 100.0 cm³/mol. The molecule has 1 aliphatic heterocycles. The van der Waals surface area contributed by atoms with Gasteiger partial charge in [-0.25, -0.2) is 4.98 Å². The summed E-state index contributed by atoms with van der Waals surface area (Å²) in [7, 11) is 0. The summed E-state index contributed by atoms with van der Waals surface area (Å²) in [6.07, 6.45) is 6.05. The molecule has 0 saturated carbocycles. The number of thiazole rings is 1. The normalized spacial score (nSPS) is 17.4. The molecule has 7 heteroatoms. The van der Waals surface area contributed by atoms with Crippen molar-refractivity contribution in [3.63, 3.8) is 0 Å². The Labute approximate surface area is 150 Å². The van der Waals surface area contributed by atoms with Crippen LogP contribution < -0.4 is 10.6 Å². The van der Waals surface area contributed by atoms with Crippen LogP contribution in [0, 0.1) is 5.92 Å². The molecule has 126 valence electrons. The maximum atomic E-state index is 12.2. The average Bonchev–Trinajstić information content (AvgIpc) is 3.18. The number of piperidine rings is 1. The van der Waals surface area contributed by atoms with Crippen molar-refractivity contribution in [3.8, 4) is 11.3 Å². The number of halogens is 1. The molecule has 5 nitrogen and oxygen atoms in total. The van der Waals surface area contributed by atoms with E-state index in [2.05, 4.69) is 15.6 Å². The largest absolute Gasteiger partial charge is 0.326 e. The van der Waals surface area contributed by atoms with E-state index in [-0.39, 0.29) is 24.2 Å². The molecule has 2 aromatic heterocycles. The van der Waals surface area contributed by atoms with Gasteiger partial charge in [0, 0.05) is 35.6 Å². The number of anilines is 1. The molecule has 3 aromatic rings. The minimum Gasteiger partial charge on any atom is -0.326 e. The first-order chi connectivity index (χ1) is 11.3. The van der Waals surface area contributed by atoms with Crippen LogP contribution in [-0.4, -0.2) is 28.4 Å². The van der Waals surface area contributed by atoms with Gasteiger partial charge in [-0.1, -0.05) is 12.1 Å². The van der Waals surface area contributed by atoms with Gasteiger partial charge < -0.3 is 10.6 Å². The molecule has 2 N–H and O–H groups in total. The first-order valence-corrected chi connectivity index (χ1v) is 8.72. The van der Waals surface area contributed by atoms with E-state index >= 15 is 0 Å². The lowest BCUT2D eigenvalue weighted by Crippen LogP contribution is -2.37. The highest BCUT2D eigenvalue weighted by molar-refractivity contribution is 7.15. The smallest absolute Gasteiger partial charge is 0.228 e. The molecule has 0 radical (unpaired) electrons. The molecule has 1 amide bonds. The fraction of sp³-hybridized carbons (Fsp3) is 0.294. The summed E-state index contributed by atoms with van der Waals surface area (Å²) in [6, 6.07) is 7.89. The van der Waals surface area contributed by atoms with Crippen molar-refractivity contribution in [2.24, 2.45) is 5.92 Å². The van der Waals surface area contributed by atoms with E-state index in [9.17, 15) is 4.79 Å². The van der Waals surface area contributed by atoms with E-state index in [1.165, 1.54) is 0 Å². The van der Waals surface area contributed by atoms with Gasteiger partial charge in [-0.2, -0.15) is 0 Å². The standard InChI is InChI=1S/C17H18N4OS.ClH/c22-16(13-2-1-7-18-10-13)19-14-5-3-12(4-6-14)15-11-21-8-9-23-17(21)20-15;/h3-6,8-9,11,13,18H,1-2,7,10H2,(H,19,22);1H/t13-;/m1./s1. The lowest BCUT2D eigenvalue weighted by molar-refractivity contribution is -0.120. The van der Waals surface area contributed by atoms with Crippen molar-refractivity contribution in [2.45, 2.75) is 12.8 Å². The highest BCUT2D eigenvalue weighted by atomic mass is 35.5. The number of fused-ring (bicyclic) bond motifs is 1. The van der Waals surface area contributed by atoms with Gasteiger partial charge in [0.15, 0.2) is 4.96 Å². The summed E-state index contributed by atoms with van der Waals surface area (Å²) in [5.41, 5.74) is 2.84. The molecular formula is C17H19ClN4OS. The number of hydrogen-bond acceptors (Lipinski definition) is 4. The Morgan fingerprint density at radius 1 is 1.33 bits per heavy atom.